The third kappa shape index (κ3) is 3.01. The number of nitro groups is 1. The normalized spacial score (nSPS) is 18.9. The average molecular weight is 312 g/mol. The summed E-state index contributed by atoms with van der Waals surface area (Å²) in [7, 11) is -3.81. The monoisotopic (exact) mass is 312 g/mol. The SMILES string of the molecule is O=[N+]([O-])c1cc(S(=O)(=O)NC(C2CC2)C2CC2)ccc1O. The highest BCUT2D eigenvalue weighted by Gasteiger charge is 2.43. The van der Waals surface area contributed by atoms with Crippen LogP contribution >= 0.6 is 0 Å². The van der Waals surface area contributed by atoms with Crippen LogP contribution in [-0.2, 0) is 10.0 Å². The van der Waals surface area contributed by atoms with E-state index in [1.807, 2.05) is 0 Å². The van der Waals surface area contributed by atoms with E-state index in [0.29, 0.717) is 11.8 Å². The fraction of sp³-hybridized carbons (Fsp3) is 0.538. The largest absolute Gasteiger partial charge is 0.502 e. The fourth-order valence-electron chi connectivity index (χ4n) is 2.55. The fourth-order valence-corrected chi connectivity index (χ4v) is 3.95. The molecule has 1 aromatic rings. The molecule has 8 heteroatoms. The van der Waals surface area contributed by atoms with E-state index in [1.54, 1.807) is 0 Å². The third-order valence-electron chi connectivity index (χ3n) is 4.00. The molecule has 2 fully saturated rings. The van der Waals surface area contributed by atoms with Crippen LogP contribution in [0.1, 0.15) is 25.7 Å². The number of hydrogen-bond acceptors (Lipinski definition) is 5. The Labute approximate surface area is 122 Å². The first-order chi connectivity index (χ1) is 9.88. The van der Waals surface area contributed by atoms with Crippen molar-refractivity contribution in [3.63, 3.8) is 0 Å². The van der Waals surface area contributed by atoms with Gasteiger partial charge in [0, 0.05) is 12.1 Å². The number of nitrogens with zero attached hydrogens (tertiary/aromatic N) is 1. The molecular formula is C13H16N2O5S. The Morgan fingerprint density at radius 2 is 1.81 bits per heavy atom. The number of aromatic hydroxyl groups is 1. The molecule has 21 heavy (non-hydrogen) atoms. The Morgan fingerprint density at radius 3 is 2.29 bits per heavy atom. The lowest BCUT2D eigenvalue weighted by Crippen LogP contribution is -2.38. The quantitative estimate of drug-likeness (QED) is 0.614. The number of phenols is 1. The van der Waals surface area contributed by atoms with Gasteiger partial charge in [0.25, 0.3) is 0 Å². The molecule has 0 heterocycles. The van der Waals surface area contributed by atoms with Gasteiger partial charge < -0.3 is 5.11 Å². The summed E-state index contributed by atoms with van der Waals surface area (Å²) in [5.41, 5.74) is -0.604. The Bertz CT molecular complexity index is 668. The first-order valence-corrected chi connectivity index (χ1v) is 8.36. The molecule has 0 radical (unpaired) electrons. The maximum atomic E-state index is 12.4. The van der Waals surface area contributed by atoms with Crippen molar-refractivity contribution < 1.29 is 18.4 Å². The summed E-state index contributed by atoms with van der Waals surface area (Å²) in [5, 5.41) is 20.2. The van der Waals surface area contributed by atoms with Crippen molar-refractivity contribution >= 4 is 15.7 Å². The predicted octanol–water partition coefficient (Wildman–Crippen LogP) is 1.77. The van der Waals surface area contributed by atoms with E-state index < -0.39 is 26.4 Å². The lowest BCUT2D eigenvalue weighted by molar-refractivity contribution is -0.386. The smallest absolute Gasteiger partial charge is 0.312 e. The molecule has 114 valence electrons. The maximum Gasteiger partial charge on any atom is 0.312 e. The van der Waals surface area contributed by atoms with Crippen molar-refractivity contribution in [3.8, 4) is 5.75 Å². The number of rotatable bonds is 6. The first-order valence-electron chi connectivity index (χ1n) is 6.88. The van der Waals surface area contributed by atoms with Crippen molar-refractivity contribution in [2.75, 3.05) is 0 Å². The minimum Gasteiger partial charge on any atom is -0.502 e. The third-order valence-corrected chi connectivity index (χ3v) is 5.46. The second-order valence-electron chi connectivity index (χ2n) is 5.73. The lowest BCUT2D eigenvalue weighted by Gasteiger charge is -2.17. The Balaban J connectivity index is 1.87. The van der Waals surface area contributed by atoms with Crippen molar-refractivity contribution in [2.45, 2.75) is 36.6 Å². The number of phenolic OH excluding ortho intramolecular Hbond substituents is 1. The highest BCUT2D eigenvalue weighted by atomic mass is 32.2. The van der Waals surface area contributed by atoms with Gasteiger partial charge in [-0.25, -0.2) is 13.1 Å². The van der Waals surface area contributed by atoms with Crippen LogP contribution in [0.3, 0.4) is 0 Å². The Kier molecular flexibility index (Phi) is 3.37. The van der Waals surface area contributed by atoms with Crippen LogP contribution in [0.2, 0.25) is 0 Å². The predicted molar refractivity (Wildman–Crippen MR) is 74.3 cm³/mol. The molecule has 7 nitrogen and oxygen atoms in total. The summed E-state index contributed by atoms with van der Waals surface area (Å²) in [5.74, 6) is 0.235. The van der Waals surface area contributed by atoms with E-state index in [2.05, 4.69) is 4.72 Å². The molecule has 0 atom stereocenters. The van der Waals surface area contributed by atoms with E-state index in [1.165, 1.54) is 6.07 Å². The number of sulfonamides is 1. The van der Waals surface area contributed by atoms with Gasteiger partial charge in [-0.2, -0.15) is 0 Å². The first kappa shape index (κ1) is 14.3. The standard InChI is InChI=1S/C13H16N2O5S/c16-12-6-5-10(7-11(12)15(17)18)21(19,20)14-13(8-1-2-8)9-3-4-9/h5-9,13-14,16H,1-4H2. The molecule has 0 spiro atoms. The van der Waals surface area contributed by atoms with Gasteiger partial charge in [-0.1, -0.05) is 0 Å². The van der Waals surface area contributed by atoms with E-state index >= 15 is 0 Å². The van der Waals surface area contributed by atoms with Crippen LogP contribution in [0.15, 0.2) is 23.1 Å². The molecule has 0 aliphatic heterocycles. The van der Waals surface area contributed by atoms with E-state index in [4.69, 9.17) is 0 Å². The number of hydrogen-bond donors (Lipinski definition) is 2. The molecular weight excluding hydrogens is 296 g/mol. The average Bonchev–Trinajstić information content (AvgIpc) is 3.27. The van der Waals surface area contributed by atoms with Gasteiger partial charge in [0.2, 0.25) is 10.0 Å². The van der Waals surface area contributed by atoms with Crippen molar-refractivity contribution in [1.82, 2.24) is 4.72 Å². The van der Waals surface area contributed by atoms with Gasteiger partial charge in [-0.05, 0) is 49.7 Å². The summed E-state index contributed by atoms with van der Waals surface area (Å²) in [6, 6.07) is 3.05. The minimum absolute atomic E-state index is 0.0668. The second kappa shape index (κ2) is 4.96. The molecule has 2 saturated carbocycles. The van der Waals surface area contributed by atoms with E-state index in [-0.39, 0.29) is 10.9 Å². The van der Waals surface area contributed by atoms with Gasteiger partial charge in [0.15, 0.2) is 5.75 Å². The number of nitrogens with one attached hydrogen (secondary N) is 1. The maximum absolute atomic E-state index is 12.4. The summed E-state index contributed by atoms with van der Waals surface area (Å²) >= 11 is 0. The van der Waals surface area contributed by atoms with Crippen molar-refractivity contribution in [2.24, 2.45) is 11.8 Å². The molecule has 0 amide bonds. The summed E-state index contributed by atoms with van der Waals surface area (Å²) in [6.07, 6.45) is 4.11. The number of benzene rings is 1. The highest BCUT2D eigenvalue weighted by molar-refractivity contribution is 7.89. The van der Waals surface area contributed by atoms with Crippen molar-refractivity contribution in [1.29, 1.82) is 0 Å². The zero-order chi connectivity index (χ0) is 15.2. The van der Waals surface area contributed by atoms with Crippen LogP contribution in [-0.4, -0.2) is 24.5 Å². The van der Waals surface area contributed by atoms with Crippen LogP contribution in [0.4, 0.5) is 5.69 Å². The van der Waals surface area contributed by atoms with Gasteiger partial charge in [-0.3, -0.25) is 10.1 Å². The van der Waals surface area contributed by atoms with Crippen LogP contribution < -0.4 is 4.72 Å². The zero-order valence-corrected chi connectivity index (χ0v) is 12.0. The summed E-state index contributed by atoms with van der Waals surface area (Å²) in [4.78, 5) is 9.81. The molecule has 0 aromatic heterocycles. The van der Waals surface area contributed by atoms with E-state index in [0.717, 1.165) is 37.8 Å². The second-order valence-corrected chi connectivity index (χ2v) is 7.44. The van der Waals surface area contributed by atoms with Gasteiger partial charge in [0.1, 0.15) is 0 Å². The topological polar surface area (TPSA) is 110 Å². The van der Waals surface area contributed by atoms with Crippen LogP contribution in [0.5, 0.6) is 5.75 Å². The van der Waals surface area contributed by atoms with Gasteiger partial charge in [0.05, 0.1) is 9.82 Å². The van der Waals surface area contributed by atoms with Crippen LogP contribution in [0, 0.1) is 22.0 Å². The molecule has 2 aliphatic rings. The molecule has 0 bridgehead atoms. The van der Waals surface area contributed by atoms with Gasteiger partial charge in [-0.15, -0.1) is 0 Å². The molecule has 1 aromatic carbocycles. The Morgan fingerprint density at radius 1 is 1.24 bits per heavy atom. The molecule has 0 unspecified atom stereocenters. The molecule has 0 saturated heterocycles. The molecule has 2 N–H and O–H groups in total. The van der Waals surface area contributed by atoms with E-state index in [9.17, 15) is 23.6 Å². The molecule has 2 aliphatic carbocycles. The number of nitro benzene ring substituents is 1. The molecule has 3 rings (SSSR count). The summed E-state index contributed by atoms with van der Waals surface area (Å²) < 4.78 is 27.4. The Hall–Kier alpha value is -1.67. The minimum atomic E-state index is -3.81. The van der Waals surface area contributed by atoms with Crippen molar-refractivity contribution in [3.05, 3.63) is 28.3 Å². The van der Waals surface area contributed by atoms with Crippen LogP contribution in [0.25, 0.3) is 0 Å². The lowest BCUT2D eigenvalue weighted by atomic mass is 10.1. The zero-order valence-electron chi connectivity index (χ0n) is 11.2. The summed E-state index contributed by atoms with van der Waals surface area (Å²) in [6.45, 7) is 0. The highest BCUT2D eigenvalue weighted by Crippen LogP contribution is 2.45. The van der Waals surface area contributed by atoms with Gasteiger partial charge >= 0.3 is 5.69 Å².